The molecule has 1 heterocycles. The molecule has 1 aliphatic heterocycles. The third kappa shape index (κ3) is 4.47. The van der Waals surface area contributed by atoms with Crippen molar-refractivity contribution in [2.45, 2.75) is 44.7 Å². The van der Waals surface area contributed by atoms with Crippen molar-refractivity contribution in [2.24, 2.45) is 0 Å². The highest BCUT2D eigenvalue weighted by Crippen LogP contribution is 2.32. The second-order valence-corrected chi connectivity index (χ2v) is 7.76. The van der Waals surface area contributed by atoms with E-state index in [4.69, 9.17) is 0 Å². The van der Waals surface area contributed by atoms with Gasteiger partial charge in [-0.05, 0) is 48.6 Å². The standard InChI is InChI=1S/C23H25N3O3/c1-15(27)26-12-11-16-5-2-3-8-20(16)21(26)14-22(28)24-19-7-4-6-17(13-19)23(29)25-18-9-10-18/h2-8,13,18,21H,9-12,14H2,1H3,(H,24,28)(H,25,29). The molecule has 0 spiro atoms. The van der Waals surface area contributed by atoms with Crippen LogP contribution in [-0.2, 0) is 16.0 Å². The fourth-order valence-corrected chi connectivity index (χ4v) is 3.87. The van der Waals surface area contributed by atoms with Gasteiger partial charge in [-0.15, -0.1) is 0 Å². The maximum atomic E-state index is 12.8. The van der Waals surface area contributed by atoms with Crippen LogP contribution in [0.2, 0.25) is 0 Å². The highest BCUT2D eigenvalue weighted by molar-refractivity contribution is 5.97. The number of nitrogens with zero attached hydrogens (tertiary/aromatic N) is 1. The first-order valence-corrected chi connectivity index (χ1v) is 10.1. The Balaban J connectivity index is 1.47. The van der Waals surface area contributed by atoms with Gasteiger partial charge in [0, 0.05) is 30.8 Å². The second kappa shape index (κ2) is 8.07. The fraction of sp³-hybridized carbons (Fsp3) is 0.348. The molecule has 1 unspecified atom stereocenters. The van der Waals surface area contributed by atoms with Crippen LogP contribution in [0.25, 0.3) is 0 Å². The van der Waals surface area contributed by atoms with E-state index in [-0.39, 0.29) is 36.2 Å². The molecule has 2 N–H and O–H groups in total. The molecule has 0 radical (unpaired) electrons. The number of rotatable bonds is 5. The number of nitrogens with one attached hydrogen (secondary N) is 2. The summed E-state index contributed by atoms with van der Waals surface area (Å²) in [6.07, 6.45) is 3.02. The first-order valence-electron chi connectivity index (χ1n) is 10.1. The van der Waals surface area contributed by atoms with Crippen molar-refractivity contribution >= 4 is 23.4 Å². The van der Waals surface area contributed by atoms with E-state index in [1.807, 2.05) is 18.2 Å². The Morgan fingerprint density at radius 2 is 1.86 bits per heavy atom. The molecule has 150 valence electrons. The molecule has 1 saturated carbocycles. The van der Waals surface area contributed by atoms with E-state index >= 15 is 0 Å². The van der Waals surface area contributed by atoms with E-state index in [9.17, 15) is 14.4 Å². The quantitative estimate of drug-likeness (QED) is 0.822. The fourth-order valence-electron chi connectivity index (χ4n) is 3.87. The zero-order chi connectivity index (χ0) is 20.4. The molecular weight excluding hydrogens is 366 g/mol. The predicted octanol–water partition coefficient (Wildman–Crippen LogP) is 3.05. The first-order chi connectivity index (χ1) is 14.0. The minimum absolute atomic E-state index is 0.0314. The molecule has 2 aliphatic rings. The molecule has 2 aromatic carbocycles. The van der Waals surface area contributed by atoms with E-state index in [0.29, 0.717) is 17.8 Å². The number of fused-ring (bicyclic) bond motifs is 1. The summed E-state index contributed by atoms with van der Waals surface area (Å²) in [5.74, 6) is -0.332. The van der Waals surface area contributed by atoms with Gasteiger partial charge in [-0.25, -0.2) is 0 Å². The van der Waals surface area contributed by atoms with E-state index in [1.165, 1.54) is 5.56 Å². The van der Waals surface area contributed by atoms with Crippen LogP contribution in [0, 0.1) is 0 Å². The summed E-state index contributed by atoms with van der Waals surface area (Å²) < 4.78 is 0. The highest BCUT2D eigenvalue weighted by atomic mass is 16.2. The number of hydrogen-bond donors (Lipinski definition) is 2. The molecular formula is C23H25N3O3. The summed E-state index contributed by atoms with van der Waals surface area (Å²) in [6, 6.07) is 14.9. The minimum Gasteiger partial charge on any atom is -0.349 e. The van der Waals surface area contributed by atoms with E-state index in [0.717, 1.165) is 24.8 Å². The normalized spacial score (nSPS) is 18.0. The lowest BCUT2D eigenvalue weighted by molar-refractivity contribution is -0.132. The number of amides is 3. The zero-order valence-electron chi connectivity index (χ0n) is 16.5. The van der Waals surface area contributed by atoms with Crippen molar-refractivity contribution in [3.05, 3.63) is 65.2 Å². The lowest BCUT2D eigenvalue weighted by Crippen LogP contribution is -2.40. The Bertz CT molecular complexity index is 952. The van der Waals surface area contributed by atoms with Gasteiger partial charge in [0.05, 0.1) is 12.5 Å². The predicted molar refractivity (Wildman–Crippen MR) is 110 cm³/mol. The highest BCUT2D eigenvalue weighted by Gasteiger charge is 2.30. The average Bonchev–Trinajstić information content (AvgIpc) is 3.52. The van der Waals surface area contributed by atoms with Gasteiger partial charge in [0.1, 0.15) is 0 Å². The third-order valence-corrected chi connectivity index (χ3v) is 5.52. The van der Waals surface area contributed by atoms with E-state index in [1.54, 1.807) is 36.1 Å². The van der Waals surface area contributed by atoms with Gasteiger partial charge in [0.15, 0.2) is 0 Å². The monoisotopic (exact) mass is 391 g/mol. The van der Waals surface area contributed by atoms with Gasteiger partial charge in [-0.2, -0.15) is 0 Å². The van der Waals surface area contributed by atoms with Crippen LogP contribution in [0.5, 0.6) is 0 Å². The maximum absolute atomic E-state index is 12.8. The average molecular weight is 391 g/mol. The summed E-state index contributed by atoms with van der Waals surface area (Å²) in [7, 11) is 0. The largest absolute Gasteiger partial charge is 0.349 e. The summed E-state index contributed by atoms with van der Waals surface area (Å²) in [5.41, 5.74) is 3.32. The first kappa shape index (κ1) is 19.2. The van der Waals surface area contributed by atoms with Crippen molar-refractivity contribution in [3.8, 4) is 0 Å². The van der Waals surface area contributed by atoms with Crippen LogP contribution in [-0.4, -0.2) is 35.2 Å². The van der Waals surface area contributed by atoms with Gasteiger partial charge in [-0.3, -0.25) is 14.4 Å². The molecule has 1 aliphatic carbocycles. The lowest BCUT2D eigenvalue weighted by Gasteiger charge is -2.36. The number of anilines is 1. The van der Waals surface area contributed by atoms with E-state index in [2.05, 4.69) is 16.7 Å². The van der Waals surface area contributed by atoms with Crippen LogP contribution in [0.3, 0.4) is 0 Å². The Kier molecular flexibility index (Phi) is 5.34. The van der Waals surface area contributed by atoms with Gasteiger partial charge in [0.25, 0.3) is 5.91 Å². The summed E-state index contributed by atoms with van der Waals surface area (Å²) in [4.78, 5) is 38.9. The lowest BCUT2D eigenvalue weighted by atomic mass is 9.90. The molecule has 1 atom stereocenters. The molecule has 29 heavy (non-hydrogen) atoms. The Hall–Kier alpha value is -3.15. The summed E-state index contributed by atoms with van der Waals surface area (Å²) in [5, 5.41) is 5.84. The van der Waals surface area contributed by atoms with Gasteiger partial charge >= 0.3 is 0 Å². The Morgan fingerprint density at radius 3 is 2.62 bits per heavy atom. The van der Waals surface area contributed by atoms with Crippen LogP contribution >= 0.6 is 0 Å². The number of carbonyl (C=O) groups is 3. The van der Waals surface area contributed by atoms with Crippen molar-refractivity contribution in [3.63, 3.8) is 0 Å². The van der Waals surface area contributed by atoms with Crippen molar-refractivity contribution < 1.29 is 14.4 Å². The molecule has 6 heteroatoms. The molecule has 0 saturated heterocycles. The zero-order valence-corrected chi connectivity index (χ0v) is 16.5. The molecule has 0 bridgehead atoms. The summed E-state index contributed by atoms with van der Waals surface area (Å²) >= 11 is 0. The van der Waals surface area contributed by atoms with Crippen molar-refractivity contribution in [1.82, 2.24) is 10.2 Å². The van der Waals surface area contributed by atoms with Crippen LogP contribution in [0.15, 0.2) is 48.5 Å². The van der Waals surface area contributed by atoms with Crippen molar-refractivity contribution in [2.75, 3.05) is 11.9 Å². The SMILES string of the molecule is CC(=O)N1CCc2ccccc2C1CC(=O)Nc1cccc(C(=O)NC2CC2)c1. The third-order valence-electron chi connectivity index (χ3n) is 5.52. The van der Waals surface area contributed by atoms with Gasteiger partial charge in [-0.1, -0.05) is 30.3 Å². The molecule has 4 rings (SSSR count). The topological polar surface area (TPSA) is 78.5 Å². The van der Waals surface area contributed by atoms with Gasteiger partial charge in [0.2, 0.25) is 11.8 Å². The van der Waals surface area contributed by atoms with Crippen LogP contribution in [0.4, 0.5) is 5.69 Å². The maximum Gasteiger partial charge on any atom is 0.251 e. The van der Waals surface area contributed by atoms with Crippen molar-refractivity contribution in [1.29, 1.82) is 0 Å². The van der Waals surface area contributed by atoms with Gasteiger partial charge < -0.3 is 15.5 Å². The number of benzene rings is 2. The smallest absolute Gasteiger partial charge is 0.251 e. The number of hydrogen-bond acceptors (Lipinski definition) is 3. The molecule has 2 aromatic rings. The minimum atomic E-state index is -0.279. The van der Waals surface area contributed by atoms with Crippen LogP contribution in [0.1, 0.15) is 53.7 Å². The molecule has 3 amide bonds. The second-order valence-electron chi connectivity index (χ2n) is 7.76. The molecule has 6 nitrogen and oxygen atoms in total. The van der Waals surface area contributed by atoms with E-state index < -0.39 is 0 Å². The summed E-state index contributed by atoms with van der Waals surface area (Å²) in [6.45, 7) is 2.15. The Morgan fingerprint density at radius 1 is 1.07 bits per heavy atom. The molecule has 1 fully saturated rings. The number of carbonyl (C=O) groups excluding carboxylic acids is 3. The molecule has 0 aromatic heterocycles. The van der Waals surface area contributed by atoms with Crippen LogP contribution < -0.4 is 10.6 Å². The Labute approximate surface area is 170 Å².